The Bertz CT molecular complexity index is 899. The zero-order chi connectivity index (χ0) is 16.4. The molecule has 2 aromatic heterocycles. The smallest absolute Gasteiger partial charge is 0.228 e. The molecule has 120 valence electrons. The first-order valence-corrected chi connectivity index (χ1v) is 8.81. The highest BCUT2D eigenvalue weighted by molar-refractivity contribution is 7.91. The van der Waals surface area contributed by atoms with Crippen LogP contribution in [0, 0.1) is 0 Å². The number of hydrogen-bond donors (Lipinski definition) is 0. The molecule has 0 bridgehead atoms. The van der Waals surface area contributed by atoms with Gasteiger partial charge < -0.3 is 4.57 Å². The van der Waals surface area contributed by atoms with Crippen molar-refractivity contribution < 1.29 is 8.42 Å². The van der Waals surface area contributed by atoms with E-state index in [0.29, 0.717) is 12.2 Å². The highest BCUT2D eigenvalue weighted by Gasteiger charge is 2.31. The van der Waals surface area contributed by atoms with Gasteiger partial charge in [0.2, 0.25) is 15.0 Å². The number of sulfone groups is 1. The maximum atomic E-state index is 12.8. The molecule has 0 aliphatic carbocycles. The van der Waals surface area contributed by atoms with Gasteiger partial charge in [0.25, 0.3) is 0 Å². The number of rotatable bonds is 5. The molecule has 0 radical (unpaired) electrons. The molecular weight excluding hydrogens is 314 g/mol. The second kappa shape index (κ2) is 5.96. The van der Waals surface area contributed by atoms with Gasteiger partial charge in [0.1, 0.15) is 10.9 Å². The molecule has 0 N–H and O–H groups in total. The molecule has 1 aromatic carbocycles. The van der Waals surface area contributed by atoms with Crippen LogP contribution in [0.5, 0.6) is 0 Å². The van der Waals surface area contributed by atoms with Gasteiger partial charge in [0, 0.05) is 18.9 Å². The lowest BCUT2D eigenvalue weighted by atomic mass is 10.3. The molecule has 0 amide bonds. The fraction of sp³-hybridized carbons (Fsp3) is 0.267. The van der Waals surface area contributed by atoms with Gasteiger partial charge in [0.15, 0.2) is 0 Å². The van der Waals surface area contributed by atoms with Gasteiger partial charge in [-0.3, -0.25) is 0 Å². The fourth-order valence-corrected chi connectivity index (χ4v) is 3.75. The third kappa shape index (κ3) is 2.77. The Kier molecular flexibility index (Phi) is 3.99. The quantitative estimate of drug-likeness (QED) is 0.714. The molecule has 0 aliphatic rings. The van der Waals surface area contributed by atoms with Crippen molar-refractivity contribution in [2.75, 3.05) is 0 Å². The minimum absolute atomic E-state index is 0.0572. The topological polar surface area (TPSA) is 82.7 Å². The summed E-state index contributed by atoms with van der Waals surface area (Å²) < 4.78 is 28.7. The van der Waals surface area contributed by atoms with Gasteiger partial charge in [-0.15, -0.1) is 5.10 Å². The summed E-state index contributed by atoms with van der Waals surface area (Å²) in [6.07, 6.45) is 4.78. The average Bonchev–Trinajstić information content (AvgIpc) is 3.24. The number of imidazole rings is 1. The molecule has 0 saturated carbocycles. The molecular formula is C15H17N5O2S. The van der Waals surface area contributed by atoms with Crippen LogP contribution in [0.4, 0.5) is 0 Å². The van der Waals surface area contributed by atoms with E-state index in [1.165, 1.54) is 6.20 Å². The lowest BCUT2D eigenvalue weighted by Crippen LogP contribution is -2.16. The normalized spacial score (nSPS) is 13.1. The molecule has 3 aromatic rings. The highest BCUT2D eigenvalue weighted by Crippen LogP contribution is 2.26. The maximum Gasteiger partial charge on any atom is 0.228 e. The van der Waals surface area contributed by atoms with Crippen LogP contribution in [0.1, 0.15) is 24.8 Å². The first-order chi connectivity index (χ1) is 11.0. The summed E-state index contributed by atoms with van der Waals surface area (Å²) >= 11 is 0. The number of hydrogen-bond acceptors (Lipinski definition) is 5. The van der Waals surface area contributed by atoms with Crippen molar-refractivity contribution in [1.29, 1.82) is 0 Å². The second-order valence-corrected chi connectivity index (χ2v) is 7.27. The van der Waals surface area contributed by atoms with Crippen LogP contribution in [0.15, 0.2) is 54.1 Å². The number of para-hydroxylation sites is 1. The standard InChI is InChI=1S/C15H17N5O2S/c1-3-19-10-9-16-15(19)23(21,22)12(2)14-11-20(18-17-14)13-7-5-4-6-8-13/h4-12H,3H2,1-2H3. The SMILES string of the molecule is CCn1ccnc1S(=O)(=O)C(C)c1cn(-c2ccccc2)nn1. The van der Waals surface area contributed by atoms with Crippen molar-refractivity contribution in [3.63, 3.8) is 0 Å². The van der Waals surface area contributed by atoms with Gasteiger partial charge in [-0.05, 0) is 26.0 Å². The molecule has 1 atom stereocenters. The van der Waals surface area contributed by atoms with E-state index in [1.54, 1.807) is 28.6 Å². The van der Waals surface area contributed by atoms with Crippen molar-refractivity contribution in [3.05, 3.63) is 54.6 Å². The first-order valence-electron chi connectivity index (χ1n) is 7.26. The minimum Gasteiger partial charge on any atom is -0.322 e. The van der Waals surface area contributed by atoms with Crippen LogP contribution in [0.25, 0.3) is 5.69 Å². The fourth-order valence-electron chi connectivity index (χ4n) is 2.28. The zero-order valence-electron chi connectivity index (χ0n) is 12.9. The van der Waals surface area contributed by atoms with E-state index in [2.05, 4.69) is 15.3 Å². The van der Waals surface area contributed by atoms with Gasteiger partial charge in [-0.1, -0.05) is 23.4 Å². The van der Waals surface area contributed by atoms with Gasteiger partial charge in [-0.2, -0.15) is 0 Å². The number of aryl methyl sites for hydroxylation is 1. The Morgan fingerprint density at radius 1 is 1.22 bits per heavy atom. The summed E-state index contributed by atoms with van der Waals surface area (Å²) in [5, 5.41) is 7.27. The largest absolute Gasteiger partial charge is 0.322 e. The van der Waals surface area contributed by atoms with Gasteiger partial charge in [0.05, 0.1) is 11.9 Å². The Hall–Kier alpha value is -2.48. The van der Waals surface area contributed by atoms with Crippen molar-refractivity contribution in [2.24, 2.45) is 0 Å². The number of nitrogens with zero attached hydrogens (tertiary/aromatic N) is 5. The Morgan fingerprint density at radius 3 is 2.65 bits per heavy atom. The zero-order valence-corrected chi connectivity index (χ0v) is 13.7. The van der Waals surface area contributed by atoms with E-state index in [4.69, 9.17) is 0 Å². The van der Waals surface area contributed by atoms with Crippen LogP contribution < -0.4 is 0 Å². The minimum atomic E-state index is -3.62. The summed E-state index contributed by atoms with van der Waals surface area (Å²) in [7, 11) is -3.62. The van der Waals surface area contributed by atoms with E-state index < -0.39 is 15.1 Å². The molecule has 1 unspecified atom stereocenters. The van der Waals surface area contributed by atoms with E-state index in [9.17, 15) is 8.42 Å². The van der Waals surface area contributed by atoms with Gasteiger partial charge >= 0.3 is 0 Å². The van der Waals surface area contributed by atoms with Crippen LogP contribution in [-0.2, 0) is 16.4 Å². The van der Waals surface area contributed by atoms with E-state index in [1.807, 2.05) is 37.3 Å². The monoisotopic (exact) mass is 331 g/mol. The van der Waals surface area contributed by atoms with E-state index >= 15 is 0 Å². The van der Waals surface area contributed by atoms with Crippen LogP contribution in [-0.4, -0.2) is 33.0 Å². The maximum absolute atomic E-state index is 12.8. The van der Waals surface area contributed by atoms with E-state index in [-0.39, 0.29) is 5.16 Å². The summed E-state index contributed by atoms with van der Waals surface area (Å²) in [6.45, 7) is 4.01. The Labute approximate surface area is 134 Å². The summed E-state index contributed by atoms with van der Waals surface area (Å²) in [5.41, 5.74) is 1.21. The molecule has 0 fully saturated rings. The Balaban J connectivity index is 1.95. The third-order valence-corrected chi connectivity index (χ3v) is 5.71. The third-order valence-electron chi connectivity index (χ3n) is 3.69. The molecule has 7 nitrogen and oxygen atoms in total. The predicted molar refractivity (Wildman–Crippen MR) is 84.9 cm³/mol. The summed E-state index contributed by atoms with van der Waals surface area (Å²) in [5.74, 6) is 0. The second-order valence-electron chi connectivity index (χ2n) is 5.11. The van der Waals surface area contributed by atoms with Crippen LogP contribution >= 0.6 is 0 Å². The highest BCUT2D eigenvalue weighted by atomic mass is 32.2. The molecule has 2 heterocycles. The van der Waals surface area contributed by atoms with Crippen LogP contribution in [0.2, 0.25) is 0 Å². The predicted octanol–water partition coefficient (Wildman–Crippen LogP) is 2.02. The number of aromatic nitrogens is 5. The average molecular weight is 331 g/mol. The van der Waals surface area contributed by atoms with Crippen molar-refractivity contribution in [1.82, 2.24) is 24.5 Å². The molecule has 3 rings (SSSR count). The lowest BCUT2D eigenvalue weighted by Gasteiger charge is -2.10. The molecule has 0 aliphatic heterocycles. The summed E-state index contributed by atoms with van der Waals surface area (Å²) in [4.78, 5) is 3.99. The first kappa shape index (κ1) is 15.4. The molecule has 8 heteroatoms. The number of benzene rings is 1. The summed E-state index contributed by atoms with van der Waals surface area (Å²) in [6, 6.07) is 9.42. The molecule has 0 spiro atoms. The van der Waals surface area contributed by atoms with Crippen molar-refractivity contribution in [3.8, 4) is 5.69 Å². The van der Waals surface area contributed by atoms with E-state index in [0.717, 1.165) is 5.69 Å². The van der Waals surface area contributed by atoms with Crippen molar-refractivity contribution in [2.45, 2.75) is 30.8 Å². The molecule has 23 heavy (non-hydrogen) atoms. The lowest BCUT2D eigenvalue weighted by molar-refractivity contribution is 0.558. The van der Waals surface area contributed by atoms with Crippen LogP contribution in [0.3, 0.4) is 0 Å². The van der Waals surface area contributed by atoms with Gasteiger partial charge in [-0.25, -0.2) is 18.1 Å². The Morgan fingerprint density at radius 2 is 1.96 bits per heavy atom. The van der Waals surface area contributed by atoms with Crippen molar-refractivity contribution >= 4 is 9.84 Å². The molecule has 0 saturated heterocycles.